The SMILES string of the molecule is NC1CCCN(C(=O)N2CCOC(CC(=O)O)C2)C1. The van der Waals surface area contributed by atoms with Crippen LogP contribution in [0.1, 0.15) is 19.3 Å². The first-order valence-electron chi connectivity index (χ1n) is 6.69. The Morgan fingerprint density at radius 3 is 2.68 bits per heavy atom. The van der Waals surface area contributed by atoms with Gasteiger partial charge in [-0.15, -0.1) is 0 Å². The zero-order chi connectivity index (χ0) is 13.8. The normalized spacial score (nSPS) is 28.3. The van der Waals surface area contributed by atoms with Crippen molar-refractivity contribution in [2.75, 3.05) is 32.8 Å². The number of hydrogen-bond acceptors (Lipinski definition) is 4. The number of carboxylic acid groups (broad SMARTS) is 1. The molecule has 7 heteroatoms. The summed E-state index contributed by atoms with van der Waals surface area (Å²) in [5.74, 6) is -0.903. The minimum absolute atomic E-state index is 0.0474. The van der Waals surface area contributed by atoms with Gasteiger partial charge in [-0.05, 0) is 12.8 Å². The number of piperidine rings is 1. The second-order valence-electron chi connectivity index (χ2n) is 5.17. The molecule has 0 aliphatic carbocycles. The summed E-state index contributed by atoms with van der Waals surface area (Å²) in [4.78, 5) is 26.4. The van der Waals surface area contributed by atoms with Gasteiger partial charge in [-0.25, -0.2) is 4.79 Å². The number of aliphatic carboxylic acids is 1. The van der Waals surface area contributed by atoms with Crippen LogP contribution < -0.4 is 5.73 Å². The lowest BCUT2D eigenvalue weighted by Crippen LogP contribution is -2.55. The van der Waals surface area contributed by atoms with Gasteiger partial charge in [-0.2, -0.15) is 0 Å². The van der Waals surface area contributed by atoms with Crippen molar-refractivity contribution >= 4 is 12.0 Å². The molecule has 7 nitrogen and oxygen atoms in total. The highest BCUT2D eigenvalue weighted by Crippen LogP contribution is 2.14. The van der Waals surface area contributed by atoms with Crippen molar-refractivity contribution in [1.29, 1.82) is 0 Å². The number of carbonyl (C=O) groups excluding carboxylic acids is 1. The maximum absolute atomic E-state index is 12.3. The Hall–Kier alpha value is -1.34. The average molecular weight is 271 g/mol. The lowest BCUT2D eigenvalue weighted by Gasteiger charge is -2.38. The molecule has 2 atom stereocenters. The van der Waals surface area contributed by atoms with Gasteiger partial charge in [0.05, 0.1) is 19.1 Å². The number of urea groups is 1. The maximum Gasteiger partial charge on any atom is 0.320 e. The summed E-state index contributed by atoms with van der Waals surface area (Å²) in [7, 11) is 0. The molecule has 108 valence electrons. The number of hydrogen-bond donors (Lipinski definition) is 2. The van der Waals surface area contributed by atoms with E-state index in [1.165, 1.54) is 0 Å². The lowest BCUT2D eigenvalue weighted by atomic mass is 10.1. The Kier molecular flexibility index (Phi) is 4.60. The summed E-state index contributed by atoms with van der Waals surface area (Å²) < 4.78 is 5.36. The van der Waals surface area contributed by atoms with Crippen LogP contribution in [0.5, 0.6) is 0 Å². The van der Waals surface area contributed by atoms with Crippen molar-refractivity contribution < 1.29 is 19.4 Å². The molecule has 2 rings (SSSR count). The van der Waals surface area contributed by atoms with Gasteiger partial charge in [-0.1, -0.05) is 0 Å². The fourth-order valence-corrected chi connectivity index (χ4v) is 2.60. The largest absolute Gasteiger partial charge is 0.481 e. The number of rotatable bonds is 2. The monoisotopic (exact) mass is 271 g/mol. The van der Waals surface area contributed by atoms with Crippen molar-refractivity contribution in [2.45, 2.75) is 31.4 Å². The number of carbonyl (C=O) groups is 2. The van der Waals surface area contributed by atoms with E-state index in [1.54, 1.807) is 9.80 Å². The van der Waals surface area contributed by atoms with E-state index < -0.39 is 12.1 Å². The molecule has 2 amide bonds. The summed E-state index contributed by atoms with van der Waals surface area (Å²) in [6.07, 6.45) is 1.40. The molecule has 0 radical (unpaired) electrons. The van der Waals surface area contributed by atoms with Crippen LogP contribution in [0.25, 0.3) is 0 Å². The fourth-order valence-electron chi connectivity index (χ4n) is 2.60. The molecule has 0 aromatic rings. The van der Waals surface area contributed by atoms with Crippen LogP contribution in [-0.2, 0) is 9.53 Å². The highest BCUT2D eigenvalue weighted by Gasteiger charge is 2.30. The van der Waals surface area contributed by atoms with Gasteiger partial charge in [0.1, 0.15) is 0 Å². The predicted octanol–water partition coefficient (Wildman–Crippen LogP) is -0.295. The first-order chi connectivity index (χ1) is 9.06. The number of morpholine rings is 1. The zero-order valence-corrected chi connectivity index (χ0v) is 11.0. The zero-order valence-electron chi connectivity index (χ0n) is 11.0. The van der Waals surface area contributed by atoms with Gasteiger partial charge in [0, 0.05) is 32.2 Å². The molecule has 0 bridgehead atoms. The third-order valence-corrected chi connectivity index (χ3v) is 3.54. The second kappa shape index (κ2) is 6.21. The van der Waals surface area contributed by atoms with E-state index >= 15 is 0 Å². The van der Waals surface area contributed by atoms with Gasteiger partial charge in [0.15, 0.2) is 0 Å². The summed E-state index contributed by atoms with van der Waals surface area (Å²) >= 11 is 0. The fraction of sp³-hybridized carbons (Fsp3) is 0.833. The first kappa shape index (κ1) is 14.1. The number of likely N-dealkylation sites (tertiary alicyclic amines) is 1. The number of carboxylic acids is 1. The van der Waals surface area contributed by atoms with Crippen LogP contribution in [0.2, 0.25) is 0 Å². The molecule has 2 aliphatic heterocycles. The third kappa shape index (κ3) is 3.81. The molecular formula is C12H21N3O4. The van der Waals surface area contributed by atoms with Crippen molar-refractivity contribution in [3.63, 3.8) is 0 Å². The van der Waals surface area contributed by atoms with E-state index in [0.29, 0.717) is 26.2 Å². The lowest BCUT2D eigenvalue weighted by molar-refractivity contribution is -0.141. The summed E-state index contributed by atoms with van der Waals surface area (Å²) in [6, 6.07) is 0.00222. The molecule has 2 aliphatic rings. The van der Waals surface area contributed by atoms with E-state index in [0.717, 1.165) is 19.4 Å². The smallest absolute Gasteiger partial charge is 0.320 e. The van der Waals surface area contributed by atoms with E-state index in [9.17, 15) is 9.59 Å². The molecule has 2 fully saturated rings. The molecule has 2 unspecified atom stereocenters. The number of amides is 2. The van der Waals surface area contributed by atoms with Crippen molar-refractivity contribution in [3.8, 4) is 0 Å². The van der Waals surface area contributed by atoms with Gasteiger partial charge in [0.25, 0.3) is 0 Å². The summed E-state index contributed by atoms with van der Waals surface area (Å²) in [6.45, 7) is 2.56. The molecule has 2 saturated heterocycles. The molecule has 0 aromatic carbocycles. The number of nitrogens with two attached hydrogens (primary N) is 1. The van der Waals surface area contributed by atoms with Crippen LogP contribution in [0.3, 0.4) is 0 Å². The minimum Gasteiger partial charge on any atom is -0.481 e. The maximum atomic E-state index is 12.3. The van der Waals surface area contributed by atoms with Crippen molar-refractivity contribution in [1.82, 2.24) is 9.80 Å². The summed E-state index contributed by atoms with van der Waals surface area (Å²) in [5, 5.41) is 8.76. The van der Waals surface area contributed by atoms with E-state index in [1.807, 2.05) is 0 Å². The standard InChI is InChI=1S/C12H21N3O4/c13-9-2-1-3-14(7-9)12(18)15-4-5-19-10(8-15)6-11(16)17/h9-10H,1-8,13H2,(H,16,17). The van der Waals surface area contributed by atoms with Crippen molar-refractivity contribution in [2.24, 2.45) is 5.73 Å². The van der Waals surface area contributed by atoms with Crippen LogP contribution in [0.4, 0.5) is 4.79 Å². The van der Waals surface area contributed by atoms with E-state index in [-0.39, 0.29) is 18.5 Å². The predicted molar refractivity (Wildman–Crippen MR) is 67.7 cm³/mol. The molecule has 0 aromatic heterocycles. The Balaban J connectivity index is 1.89. The number of ether oxygens (including phenoxy) is 1. The molecular weight excluding hydrogens is 250 g/mol. The number of nitrogens with zero attached hydrogens (tertiary/aromatic N) is 2. The average Bonchev–Trinajstić information content (AvgIpc) is 2.37. The molecule has 0 spiro atoms. The second-order valence-corrected chi connectivity index (χ2v) is 5.17. The molecule has 19 heavy (non-hydrogen) atoms. The Labute approximate surface area is 112 Å². The van der Waals surface area contributed by atoms with E-state index in [4.69, 9.17) is 15.6 Å². The molecule has 2 heterocycles. The van der Waals surface area contributed by atoms with Crippen molar-refractivity contribution in [3.05, 3.63) is 0 Å². The van der Waals surface area contributed by atoms with Gasteiger partial charge in [0.2, 0.25) is 0 Å². The van der Waals surface area contributed by atoms with Gasteiger partial charge in [-0.3, -0.25) is 4.79 Å². The Morgan fingerprint density at radius 1 is 1.26 bits per heavy atom. The van der Waals surface area contributed by atoms with Crippen LogP contribution in [0, 0.1) is 0 Å². The van der Waals surface area contributed by atoms with E-state index in [2.05, 4.69) is 0 Å². The quantitative estimate of drug-likeness (QED) is 0.719. The Bertz CT molecular complexity index is 350. The van der Waals surface area contributed by atoms with Gasteiger partial charge >= 0.3 is 12.0 Å². The van der Waals surface area contributed by atoms with Crippen LogP contribution >= 0.6 is 0 Å². The first-order valence-corrected chi connectivity index (χ1v) is 6.69. The highest BCUT2D eigenvalue weighted by atomic mass is 16.5. The summed E-state index contributed by atoms with van der Waals surface area (Å²) in [5.41, 5.74) is 5.87. The molecule has 0 saturated carbocycles. The highest BCUT2D eigenvalue weighted by molar-refractivity contribution is 5.75. The van der Waals surface area contributed by atoms with Crippen LogP contribution in [-0.4, -0.2) is 71.8 Å². The van der Waals surface area contributed by atoms with Gasteiger partial charge < -0.3 is 25.4 Å². The minimum atomic E-state index is -0.903. The third-order valence-electron chi connectivity index (χ3n) is 3.54. The molecule has 3 N–H and O–H groups in total. The topological polar surface area (TPSA) is 96.1 Å². The Morgan fingerprint density at radius 2 is 2.00 bits per heavy atom. The van der Waals surface area contributed by atoms with Crippen LogP contribution in [0.15, 0.2) is 0 Å².